The number of nitrogens with zero attached hydrogens (tertiary/aromatic N) is 7. The van der Waals surface area contributed by atoms with Crippen LogP contribution in [0.1, 0.15) is 51.4 Å². The van der Waals surface area contributed by atoms with Crippen molar-refractivity contribution < 1.29 is 8.42 Å². The Morgan fingerprint density at radius 3 is 1.73 bits per heavy atom. The molecule has 2 aliphatic heterocycles. The number of anilines is 2. The smallest absolute Gasteiger partial charge is 0.268 e. The summed E-state index contributed by atoms with van der Waals surface area (Å²) in [6, 6.07) is 25.9. The first-order chi connectivity index (χ1) is 32.8. The molecule has 350 valence electrons. The lowest BCUT2D eigenvalue weighted by molar-refractivity contribution is 0.134. The van der Waals surface area contributed by atoms with Gasteiger partial charge in [0.2, 0.25) is 11.9 Å². The number of benzene rings is 3. The van der Waals surface area contributed by atoms with Gasteiger partial charge in [0.15, 0.2) is 0 Å². The van der Waals surface area contributed by atoms with Crippen molar-refractivity contribution in [3.63, 3.8) is 0 Å². The second kappa shape index (κ2) is 20.6. The number of piperazine rings is 2. The molecule has 6 heterocycles. The van der Waals surface area contributed by atoms with Gasteiger partial charge in [-0.15, -0.1) is 0 Å². The van der Waals surface area contributed by atoms with E-state index in [-0.39, 0.29) is 10.9 Å². The van der Waals surface area contributed by atoms with Gasteiger partial charge in [0.1, 0.15) is 0 Å². The summed E-state index contributed by atoms with van der Waals surface area (Å²) in [7, 11) is -3.81. The normalized spacial score (nSPS) is 22.0. The van der Waals surface area contributed by atoms with Gasteiger partial charge in [0.05, 0.1) is 44.2 Å². The number of aromatic nitrogens is 6. The largest absolute Gasteiger partial charge is 0.360 e. The second-order valence-corrected chi connectivity index (χ2v) is 20.7. The monoisotopic (exact) mass is 960 g/mol. The average molecular weight is 962 g/mol. The standard InChI is InChI=1S/C28H31ClN6O2S.C22H27ClN6/c29-25-18-31-28(32-20-7-6-8-21(17-20)34-15-13-30-14-16-34)33-27(25)24-19-35(26-12-5-4-11-23(24)26)38(36,37)22-9-2-1-3-10-22;23-19-14-26-22(28-21(19)18-13-25-20-7-2-1-6-17(18)20)27-15-4-3-5-16(12-15)29-10-8-24-9-11-29/h1-5,9-12,18-21,30H,6-8,13-17H2,(H,31,32,33);1-2,6-7,13-16,24-25H,3-5,8-12H2,(H,26,27,28)/t20-,21?;15-,16?/m11/s1. The highest BCUT2D eigenvalue weighted by molar-refractivity contribution is 7.90. The molecule has 0 amide bonds. The number of hydrogen-bond donors (Lipinski definition) is 5. The Kier molecular flexibility index (Phi) is 14.0. The van der Waals surface area contributed by atoms with Gasteiger partial charge in [-0.2, -0.15) is 0 Å². The fourth-order valence-corrected chi connectivity index (χ4v) is 12.3. The number of fused-ring (bicyclic) bond motifs is 2. The molecule has 0 radical (unpaired) electrons. The van der Waals surface area contributed by atoms with Crippen LogP contribution in [0.25, 0.3) is 44.3 Å². The van der Waals surface area contributed by atoms with E-state index in [0.717, 1.165) is 112 Å². The Morgan fingerprint density at radius 2 is 1.13 bits per heavy atom. The number of hydrogen-bond acceptors (Lipinski definition) is 12. The SMILES string of the molecule is Clc1cnc(N[C@@H]2CCCC(N3CCNCC3)C2)nc1-c1c[nH]c2ccccc12.O=S(=O)(c1ccccc1)n1cc(-c2nc(N[C@@H]3CCCC(N4CCNCC4)C3)ncc2Cl)c2ccccc21. The molecule has 2 saturated carbocycles. The van der Waals surface area contributed by atoms with Crippen LogP contribution in [0.5, 0.6) is 0 Å². The van der Waals surface area contributed by atoms with Crippen molar-refractivity contribution in [2.75, 3.05) is 63.0 Å². The molecule has 4 fully saturated rings. The Labute approximate surface area is 402 Å². The Balaban J connectivity index is 0.000000162. The van der Waals surface area contributed by atoms with Crippen molar-refractivity contribution in [2.45, 2.75) is 80.4 Å². The van der Waals surface area contributed by atoms with Gasteiger partial charge in [-0.1, -0.05) is 77.8 Å². The van der Waals surface area contributed by atoms with E-state index in [1.165, 1.54) is 23.2 Å². The van der Waals surface area contributed by atoms with Crippen LogP contribution in [0.15, 0.2) is 109 Å². The van der Waals surface area contributed by atoms with Crippen LogP contribution in [0, 0.1) is 0 Å². The topological polar surface area (TPSA) is 161 Å². The van der Waals surface area contributed by atoms with Gasteiger partial charge in [-0.3, -0.25) is 9.80 Å². The summed E-state index contributed by atoms with van der Waals surface area (Å²) in [5, 5.41) is 16.9. The minimum Gasteiger partial charge on any atom is -0.360 e. The lowest BCUT2D eigenvalue weighted by Crippen LogP contribution is -2.50. The quantitative estimate of drug-likeness (QED) is 0.0891. The van der Waals surface area contributed by atoms with Crippen molar-refractivity contribution >= 4 is 66.9 Å². The number of rotatable bonds is 10. The molecule has 11 rings (SSSR count). The highest BCUT2D eigenvalue weighted by atomic mass is 35.5. The summed E-state index contributed by atoms with van der Waals surface area (Å²) in [6.07, 6.45) is 16.3. The summed E-state index contributed by atoms with van der Waals surface area (Å²) >= 11 is 13.1. The van der Waals surface area contributed by atoms with Crippen LogP contribution in [0.3, 0.4) is 0 Å². The highest BCUT2D eigenvalue weighted by Gasteiger charge is 2.30. The van der Waals surface area contributed by atoms with Crippen molar-refractivity contribution in [3.05, 3.63) is 114 Å². The Hall–Kier alpha value is -5.13. The molecule has 14 nitrogen and oxygen atoms in total. The Bertz CT molecular complexity index is 2900. The van der Waals surface area contributed by atoms with Gasteiger partial charge in [-0.05, 0) is 75.6 Å². The fourth-order valence-electron chi connectivity index (χ4n) is 10.5. The van der Waals surface area contributed by atoms with E-state index in [4.69, 9.17) is 33.2 Å². The molecule has 4 aliphatic rings. The molecule has 3 aromatic carbocycles. The first-order valence-corrected chi connectivity index (χ1v) is 25.9. The molecule has 17 heteroatoms. The van der Waals surface area contributed by atoms with Crippen LogP contribution in [0.4, 0.5) is 11.9 Å². The van der Waals surface area contributed by atoms with Crippen LogP contribution in [-0.4, -0.2) is 124 Å². The van der Waals surface area contributed by atoms with Crippen LogP contribution >= 0.6 is 23.2 Å². The lowest BCUT2D eigenvalue weighted by atomic mass is 9.89. The molecule has 0 spiro atoms. The van der Waals surface area contributed by atoms with E-state index in [1.54, 1.807) is 55.0 Å². The number of aromatic amines is 1. The number of nitrogens with one attached hydrogen (secondary N) is 5. The number of H-pyrrole nitrogens is 1. The minimum absolute atomic E-state index is 0.222. The van der Waals surface area contributed by atoms with Gasteiger partial charge in [0, 0.05) is 116 Å². The third kappa shape index (κ3) is 10.2. The summed E-state index contributed by atoms with van der Waals surface area (Å²) in [5.41, 5.74) is 4.60. The molecular weight excluding hydrogens is 904 g/mol. The molecule has 4 aromatic heterocycles. The van der Waals surface area contributed by atoms with E-state index < -0.39 is 10.0 Å². The van der Waals surface area contributed by atoms with Crippen molar-refractivity contribution in [3.8, 4) is 22.5 Å². The first-order valence-electron chi connectivity index (χ1n) is 23.7. The predicted molar refractivity (Wildman–Crippen MR) is 270 cm³/mol. The van der Waals surface area contributed by atoms with Crippen molar-refractivity contribution in [1.29, 1.82) is 0 Å². The van der Waals surface area contributed by atoms with Crippen LogP contribution in [-0.2, 0) is 10.0 Å². The van der Waals surface area contributed by atoms with Gasteiger partial charge in [0.25, 0.3) is 10.0 Å². The van der Waals surface area contributed by atoms with E-state index in [1.807, 2.05) is 36.5 Å². The molecule has 2 saturated heterocycles. The zero-order valence-electron chi connectivity index (χ0n) is 37.5. The summed E-state index contributed by atoms with van der Waals surface area (Å²) in [6.45, 7) is 8.78. The second-order valence-electron chi connectivity index (χ2n) is 18.1. The summed E-state index contributed by atoms with van der Waals surface area (Å²) < 4.78 is 28.4. The van der Waals surface area contributed by atoms with Gasteiger partial charge < -0.3 is 26.3 Å². The maximum absolute atomic E-state index is 13.5. The van der Waals surface area contributed by atoms with Crippen LogP contribution < -0.4 is 21.3 Å². The van der Waals surface area contributed by atoms with E-state index in [9.17, 15) is 8.42 Å². The zero-order valence-corrected chi connectivity index (χ0v) is 39.9. The molecule has 7 aromatic rings. The van der Waals surface area contributed by atoms with Crippen LogP contribution in [0.2, 0.25) is 10.0 Å². The van der Waals surface area contributed by atoms with E-state index in [0.29, 0.717) is 56.8 Å². The minimum atomic E-state index is -3.81. The molecule has 4 atom stereocenters. The molecular formula is C50H58Cl2N12O2S. The lowest BCUT2D eigenvalue weighted by Gasteiger charge is -2.39. The van der Waals surface area contributed by atoms with Gasteiger partial charge in [-0.25, -0.2) is 32.3 Å². The van der Waals surface area contributed by atoms with Gasteiger partial charge >= 0.3 is 0 Å². The maximum Gasteiger partial charge on any atom is 0.268 e. The highest BCUT2D eigenvalue weighted by Crippen LogP contribution is 2.37. The molecule has 2 aliphatic carbocycles. The Morgan fingerprint density at radius 1 is 0.612 bits per heavy atom. The molecule has 5 N–H and O–H groups in total. The van der Waals surface area contributed by atoms with E-state index >= 15 is 0 Å². The predicted octanol–water partition coefficient (Wildman–Crippen LogP) is 8.52. The third-order valence-electron chi connectivity index (χ3n) is 13.9. The number of halogens is 2. The summed E-state index contributed by atoms with van der Waals surface area (Å²) in [4.78, 5) is 27.3. The molecule has 0 bridgehead atoms. The fraction of sp³-hybridized carbons (Fsp3) is 0.400. The molecule has 2 unspecified atom stereocenters. The zero-order chi connectivity index (χ0) is 45.7. The first kappa shape index (κ1) is 45.6. The summed E-state index contributed by atoms with van der Waals surface area (Å²) in [5.74, 6) is 1.18. The van der Waals surface area contributed by atoms with Crippen molar-refractivity contribution in [1.82, 2.24) is 49.3 Å². The molecule has 67 heavy (non-hydrogen) atoms. The number of para-hydroxylation sites is 2. The van der Waals surface area contributed by atoms with E-state index in [2.05, 4.69) is 58.2 Å². The third-order valence-corrected chi connectivity index (χ3v) is 16.1. The maximum atomic E-state index is 13.5. The van der Waals surface area contributed by atoms with Crippen molar-refractivity contribution in [2.24, 2.45) is 0 Å². The average Bonchev–Trinajstić information content (AvgIpc) is 3.99.